The van der Waals surface area contributed by atoms with Crippen LogP contribution in [0, 0.1) is 5.92 Å². The van der Waals surface area contributed by atoms with Crippen molar-refractivity contribution in [2.75, 3.05) is 0 Å². The van der Waals surface area contributed by atoms with Crippen LogP contribution in [0.2, 0.25) is 0 Å². The Morgan fingerprint density at radius 1 is 1.17 bits per heavy atom. The van der Waals surface area contributed by atoms with Crippen molar-refractivity contribution in [3.63, 3.8) is 0 Å². The molecular weight excluding hydrogens is 144 g/mol. The van der Waals surface area contributed by atoms with E-state index in [0.29, 0.717) is 0 Å². The maximum absolute atomic E-state index is 3.95. The standard InChI is InChI=1S/C12H20/c1-10(2)11(3)9-12-7-5-4-6-8-12/h9,12H,1,4-8H2,2-3H3/b11-9+. The molecule has 0 N–H and O–H groups in total. The molecule has 0 aromatic heterocycles. The van der Waals surface area contributed by atoms with Gasteiger partial charge in [0.1, 0.15) is 0 Å². The summed E-state index contributed by atoms with van der Waals surface area (Å²) in [7, 11) is 0. The minimum atomic E-state index is 0.843. The van der Waals surface area contributed by atoms with Crippen molar-refractivity contribution in [3.8, 4) is 0 Å². The van der Waals surface area contributed by atoms with Crippen LogP contribution >= 0.6 is 0 Å². The van der Waals surface area contributed by atoms with E-state index < -0.39 is 0 Å². The first-order chi connectivity index (χ1) is 5.70. The lowest BCUT2D eigenvalue weighted by atomic mass is 9.87. The van der Waals surface area contributed by atoms with E-state index in [0.717, 1.165) is 5.92 Å². The van der Waals surface area contributed by atoms with Crippen molar-refractivity contribution in [2.24, 2.45) is 5.92 Å². The predicted molar refractivity (Wildman–Crippen MR) is 55.1 cm³/mol. The second-order valence-electron chi connectivity index (χ2n) is 4.03. The number of hydrogen-bond donors (Lipinski definition) is 0. The summed E-state index contributed by atoms with van der Waals surface area (Å²) in [5, 5.41) is 0. The Bertz CT molecular complexity index is 180. The lowest BCUT2D eigenvalue weighted by Crippen LogP contribution is -2.03. The Labute approximate surface area is 76.4 Å². The van der Waals surface area contributed by atoms with Gasteiger partial charge in [-0.25, -0.2) is 0 Å². The van der Waals surface area contributed by atoms with Gasteiger partial charge in [-0.3, -0.25) is 0 Å². The van der Waals surface area contributed by atoms with Gasteiger partial charge in [0.2, 0.25) is 0 Å². The van der Waals surface area contributed by atoms with Crippen LogP contribution in [0.25, 0.3) is 0 Å². The molecule has 1 saturated carbocycles. The fourth-order valence-corrected chi connectivity index (χ4v) is 1.80. The molecule has 0 aliphatic heterocycles. The first-order valence-corrected chi connectivity index (χ1v) is 5.04. The van der Waals surface area contributed by atoms with Gasteiger partial charge < -0.3 is 0 Å². The average molecular weight is 164 g/mol. The van der Waals surface area contributed by atoms with Gasteiger partial charge >= 0.3 is 0 Å². The molecule has 0 heterocycles. The topological polar surface area (TPSA) is 0 Å². The van der Waals surface area contributed by atoms with Crippen LogP contribution in [0.1, 0.15) is 46.0 Å². The van der Waals surface area contributed by atoms with Crippen molar-refractivity contribution < 1.29 is 0 Å². The van der Waals surface area contributed by atoms with Gasteiger partial charge in [0.05, 0.1) is 0 Å². The molecule has 1 aliphatic carbocycles. The largest absolute Gasteiger partial charge is 0.0959 e. The maximum atomic E-state index is 3.95. The molecule has 0 saturated heterocycles. The summed E-state index contributed by atoms with van der Waals surface area (Å²) in [5.41, 5.74) is 2.61. The Kier molecular flexibility index (Phi) is 3.58. The van der Waals surface area contributed by atoms with Crippen LogP contribution in [-0.2, 0) is 0 Å². The molecule has 0 heteroatoms. The lowest BCUT2D eigenvalue weighted by molar-refractivity contribution is 0.418. The summed E-state index contributed by atoms with van der Waals surface area (Å²) >= 11 is 0. The Hall–Kier alpha value is -0.520. The summed E-state index contributed by atoms with van der Waals surface area (Å²) in [6.07, 6.45) is 9.49. The highest BCUT2D eigenvalue weighted by Gasteiger charge is 2.10. The summed E-state index contributed by atoms with van der Waals surface area (Å²) < 4.78 is 0. The molecule has 68 valence electrons. The van der Waals surface area contributed by atoms with E-state index in [1.165, 1.54) is 43.3 Å². The van der Waals surface area contributed by atoms with E-state index in [9.17, 15) is 0 Å². The van der Waals surface area contributed by atoms with Gasteiger partial charge in [0, 0.05) is 0 Å². The van der Waals surface area contributed by atoms with Crippen LogP contribution in [0.4, 0.5) is 0 Å². The van der Waals surface area contributed by atoms with Crippen molar-refractivity contribution in [1.82, 2.24) is 0 Å². The van der Waals surface area contributed by atoms with Gasteiger partial charge in [-0.15, -0.1) is 0 Å². The van der Waals surface area contributed by atoms with E-state index in [4.69, 9.17) is 0 Å². The average Bonchev–Trinajstić information content (AvgIpc) is 2.06. The predicted octanol–water partition coefficient (Wildman–Crippen LogP) is 4.09. The molecule has 0 nitrogen and oxygen atoms in total. The highest BCUT2D eigenvalue weighted by molar-refractivity contribution is 5.24. The second-order valence-corrected chi connectivity index (χ2v) is 4.03. The smallest absolute Gasteiger partial charge is 0.0228 e. The number of hydrogen-bond acceptors (Lipinski definition) is 0. The van der Waals surface area contributed by atoms with Crippen molar-refractivity contribution >= 4 is 0 Å². The van der Waals surface area contributed by atoms with E-state index in [1.807, 2.05) is 0 Å². The van der Waals surface area contributed by atoms with E-state index in [1.54, 1.807) is 0 Å². The summed E-state index contributed by atoms with van der Waals surface area (Å²) in [5.74, 6) is 0.843. The van der Waals surface area contributed by atoms with Gasteiger partial charge in [0.15, 0.2) is 0 Å². The first-order valence-electron chi connectivity index (χ1n) is 5.04. The number of rotatable bonds is 2. The Balaban J connectivity index is 2.47. The molecule has 0 unspecified atom stereocenters. The molecule has 1 fully saturated rings. The van der Waals surface area contributed by atoms with Crippen LogP contribution in [0.5, 0.6) is 0 Å². The van der Waals surface area contributed by atoms with Gasteiger partial charge in [-0.1, -0.05) is 43.1 Å². The fourth-order valence-electron chi connectivity index (χ4n) is 1.80. The maximum Gasteiger partial charge on any atom is -0.0228 e. The van der Waals surface area contributed by atoms with Gasteiger partial charge in [-0.2, -0.15) is 0 Å². The van der Waals surface area contributed by atoms with Crippen molar-refractivity contribution in [1.29, 1.82) is 0 Å². The van der Waals surface area contributed by atoms with Crippen LogP contribution in [0.3, 0.4) is 0 Å². The lowest BCUT2D eigenvalue weighted by Gasteiger charge is -2.19. The fraction of sp³-hybridized carbons (Fsp3) is 0.667. The van der Waals surface area contributed by atoms with E-state index in [2.05, 4.69) is 26.5 Å². The van der Waals surface area contributed by atoms with Gasteiger partial charge in [0.25, 0.3) is 0 Å². The molecule has 0 aromatic carbocycles. The Morgan fingerprint density at radius 3 is 2.25 bits per heavy atom. The molecule has 0 radical (unpaired) electrons. The van der Waals surface area contributed by atoms with Crippen LogP contribution in [0.15, 0.2) is 23.8 Å². The van der Waals surface area contributed by atoms with Gasteiger partial charge in [-0.05, 0) is 32.6 Å². The van der Waals surface area contributed by atoms with Crippen molar-refractivity contribution in [2.45, 2.75) is 46.0 Å². The highest BCUT2D eigenvalue weighted by Crippen LogP contribution is 2.26. The zero-order valence-corrected chi connectivity index (χ0v) is 8.40. The van der Waals surface area contributed by atoms with Crippen LogP contribution < -0.4 is 0 Å². The minimum absolute atomic E-state index is 0.843. The monoisotopic (exact) mass is 164 g/mol. The molecule has 1 rings (SSSR count). The molecule has 0 atom stereocenters. The first kappa shape index (κ1) is 9.57. The molecule has 1 aliphatic rings. The SMILES string of the molecule is C=C(C)/C(C)=C/C1CCCCC1. The van der Waals surface area contributed by atoms with Crippen LogP contribution in [-0.4, -0.2) is 0 Å². The third kappa shape index (κ3) is 2.84. The highest BCUT2D eigenvalue weighted by atomic mass is 14.2. The zero-order valence-electron chi connectivity index (χ0n) is 8.40. The quantitative estimate of drug-likeness (QED) is 0.539. The third-order valence-electron chi connectivity index (χ3n) is 2.81. The normalized spacial score (nSPS) is 21.0. The summed E-state index contributed by atoms with van der Waals surface area (Å²) in [6, 6.07) is 0. The molecule has 0 amide bonds. The zero-order chi connectivity index (χ0) is 8.97. The summed E-state index contributed by atoms with van der Waals surface area (Å²) in [6.45, 7) is 8.22. The molecule has 12 heavy (non-hydrogen) atoms. The molecule has 0 bridgehead atoms. The number of allylic oxidation sites excluding steroid dienone is 3. The minimum Gasteiger partial charge on any atom is -0.0959 e. The second kappa shape index (κ2) is 4.49. The molecule has 0 spiro atoms. The van der Waals surface area contributed by atoms with E-state index >= 15 is 0 Å². The van der Waals surface area contributed by atoms with E-state index in [-0.39, 0.29) is 0 Å². The summed E-state index contributed by atoms with van der Waals surface area (Å²) in [4.78, 5) is 0. The third-order valence-corrected chi connectivity index (χ3v) is 2.81. The molecule has 0 aromatic rings. The van der Waals surface area contributed by atoms with Crippen molar-refractivity contribution in [3.05, 3.63) is 23.8 Å². The molecular formula is C12H20. The Morgan fingerprint density at radius 2 is 1.75 bits per heavy atom.